The van der Waals surface area contributed by atoms with Crippen LogP contribution in [0.3, 0.4) is 0 Å². The topological polar surface area (TPSA) is 97.5 Å². The first kappa shape index (κ1) is 16.5. The Morgan fingerprint density at radius 2 is 2.00 bits per heavy atom. The fourth-order valence-electron chi connectivity index (χ4n) is 2.06. The average molecular weight is 339 g/mol. The van der Waals surface area contributed by atoms with Crippen LogP contribution in [-0.4, -0.2) is 25.2 Å². The van der Waals surface area contributed by atoms with E-state index >= 15 is 0 Å². The lowest BCUT2D eigenvalue weighted by Gasteiger charge is -2.08. The molecule has 0 bridgehead atoms. The Labute approximate surface area is 133 Å². The van der Waals surface area contributed by atoms with Crippen molar-refractivity contribution < 1.29 is 18.3 Å². The second kappa shape index (κ2) is 6.93. The minimum absolute atomic E-state index is 0.0162. The van der Waals surface area contributed by atoms with E-state index in [1.165, 1.54) is 17.4 Å². The van der Waals surface area contributed by atoms with E-state index in [1.54, 1.807) is 12.1 Å². The molecule has 0 unspecified atom stereocenters. The first-order valence-electron chi connectivity index (χ1n) is 6.78. The van der Waals surface area contributed by atoms with Gasteiger partial charge in [-0.3, -0.25) is 4.79 Å². The molecule has 0 fully saturated rings. The molecule has 1 aromatic heterocycles. The average Bonchev–Trinajstić information content (AvgIpc) is 2.97. The van der Waals surface area contributed by atoms with E-state index in [-0.39, 0.29) is 17.1 Å². The van der Waals surface area contributed by atoms with Gasteiger partial charge in [0.05, 0.1) is 10.6 Å². The molecule has 2 rings (SSSR count). The third kappa shape index (κ3) is 4.08. The number of anilines is 1. The molecule has 5 nitrogen and oxygen atoms in total. The van der Waals surface area contributed by atoms with Gasteiger partial charge >= 0.3 is 5.97 Å². The Morgan fingerprint density at radius 1 is 1.23 bits per heavy atom. The van der Waals surface area contributed by atoms with E-state index in [1.807, 2.05) is 17.5 Å². The van der Waals surface area contributed by atoms with Crippen molar-refractivity contribution in [3.05, 3.63) is 35.7 Å². The van der Waals surface area contributed by atoms with Gasteiger partial charge in [-0.05, 0) is 42.5 Å². The molecule has 118 valence electrons. The van der Waals surface area contributed by atoms with Gasteiger partial charge in [-0.2, -0.15) is 0 Å². The summed E-state index contributed by atoms with van der Waals surface area (Å²) in [5.41, 5.74) is 7.17. The van der Waals surface area contributed by atoms with Crippen molar-refractivity contribution in [2.24, 2.45) is 0 Å². The highest BCUT2D eigenvalue weighted by Gasteiger charge is 2.16. The summed E-state index contributed by atoms with van der Waals surface area (Å²) in [6.45, 7) is 0. The molecule has 0 saturated carbocycles. The number of hydrogen-bond acceptors (Lipinski definition) is 5. The van der Waals surface area contributed by atoms with Crippen molar-refractivity contribution in [2.45, 2.75) is 24.2 Å². The summed E-state index contributed by atoms with van der Waals surface area (Å²) in [6, 6.07) is 8.46. The maximum atomic E-state index is 12.3. The highest BCUT2D eigenvalue weighted by atomic mass is 32.2. The maximum absolute atomic E-state index is 12.3. The molecule has 0 aliphatic heterocycles. The quantitative estimate of drug-likeness (QED) is 0.597. The third-order valence-electron chi connectivity index (χ3n) is 3.22. The predicted molar refractivity (Wildman–Crippen MR) is 87.7 cm³/mol. The number of nitrogens with two attached hydrogens (primary N) is 1. The lowest BCUT2D eigenvalue weighted by molar-refractivity contribution is -0.137. The van der Waals surface area contributed by atoms with Crippen molar-refractivity contribution in [2.75, 3.05) is 11.5 Å². The zero-order chi connectivity index (χ0) is 16.2. The summed E-state index contributed by atoms with van der Waals surface area (Å²) < 4.78 is 24.7. The number of aliphatic carboxylic acids is 1. The molecule has 0 radical (unpaired) electrons. The zero-order valence-electron chi connectivity index (χ0n) is 11.9. The van der Waals surface area contributed by atoms with E-state index < -0.39 is 15.8 Å². The fourth-order valence-corrected chi connectivity index (χ4v) is 4.22. The van der Waals surface area contributed by atoms with Crippen LogP contribution < -0.4 is 5.73 Å². The Balaban J connectivity index is 2.17. The standard InChI is InChI=1S/C15H17NO4S2/c16-13-7-6-11(10-12(13)14-4-3-8-21-14)22(19,20)9-2-1-5-15(17)18/h3-4,6-8,10H,1-2,5,9,16H2,(H,17,18). The molecule has 7 heteroatoms. The summed E-state index contributed by atoms with van der Waals surface area (Å²) in [4.78, 5) is 11.6. The number of thiophene rings is 1. The molecule has 0 atom stereocenters. The van der Waals surface area contributed by atoms with Gasteiger partial charge < -0.3 is 10.8 Å². The van der Waals surface area contributed by atoms with Gasteiger partial charge in [0.15, 0.2) is 9.84 Å². The lowest BCUT2D eigenvalue weighted by Crippen LogP contribution is -2.08. The Bertz CT molecular complexity index is 752. The number of carboxylic acid groups (broad SMARTS) is 1. The second-order valence-electron chi connectivity index (χ2n) is 4.90. The van der Waals surface area contributed by atoms with Crippen LogP contribution in [0.1, 0.15) is 19.3 Å². The Morgan fingerprint density at radius 3 is 2.64 bits per heavy atom. The highest BCUT2D eigenvalue weighted by Crippen LogP contribution is 2.32. The van der Waals surface area contributed by atoms with Crippen LogP contribution in [0.15, 0.2) is 40.6 Å². The van der Waals surface area contributed by atoms with E-state index in [0.29, 0.717) is 24.1 Å². The van der Waals surface area contributed by atoms with Crippen LogP contribution in [0.2, 0.25) is 0 Å². The zero-order valence-corrected chi connectivity index (χ0v) is 13.5. The number of carbonyl (C=O) groups is 1. The van der Waals surface area contributed by atoms with Gasteiger partial charge in [0.25, 0.3) is 0 Å². The Kier molecular flexibility index (Phi) is 5.20. The van der Waals surface area contributed by atoms with Crippen molar-refractivity contribution >= 4 is 32.8 Å². The van der Waals surface area contributed by atoms with Crippen LogP contribution in [0.4, 0.5) is 5.69 Å². The fraction of sp³-hybridized carbons (Fsp3) is 0.267. The third-order valence-corrected chi connectivity index (χ3v) is 5.93. The van der Waals surface area contributed by atoms with E-state index in [9.17, 15) is 13.2 Å². The lowest BCUT2D eigenvalue weighted by atomic mass is 10.1. The summed E-state index contributed by atoms with van der Waals surface area (Å²) in [7, 11) is -3.43. The molecule has 1 aromatic carbocycles. The number of unbranched alkanes of at least 4 members (excludes halogenated alkanes) is 1. The molecule has 3 N–H and O–H groups in total. The Hall–Kier alpha value is -1.86. The van der Waals surface area contributed by atoms with Crippen molar-refractivity contribution in [1.82, 2.24) is 0 Å². The molecule has 1 heterocycles. The number of benzene rings is 1. The number of nitrogen functional groups attached to an aromatic ring is 1. The molecule has 0 aliphatic rings. The van der Waals surface area contributed by atoms with E-state index in [4.69, 9.17) is 10.8 Å². The number of rotatable bonds is 7. The predicted octanol–water partition coefficient (Wildman–Crippen LogP) is 3.03. The molecule has 0 amide bonds. The van der Waals surface area contributed by atoms with E-state index in [0.717, 1.165) is 4.88 Å². The van der Waals surface area contributed by atoms with Gasteiger partial charge in [0.2, 0.25) is 0 Å². The summed E-state index contributed by atoms with van der Waals surface area (Å²) in [5.74, 6) is -0.974. The van der Waals surface area contributed by atoms with Crippen LogP contribution in [0.5, 0.6) is 0 Å². The van der Waals surface area contributed by atoms with Gasteiger partial charge in [0.1, 0.15) is 0 Å². The minimum atomic E-state index is -3.43. The number of hydrogen-bond donors (Lipinski definition) is 2. The van der Waals surface area contributed by atoms with Crippen LogP contribution in [0, 0.1) is 0 Å². The van der Waals surface area contributed by atoms with Crippen molar-refractivity contribution in [3.8, 4) is 10.4 Å². The minimum Gasteiger partial charge on any atom is -0.481 e. The van der Waals surface area contributed by atoms with Gasteiger partial charge in [-0.25, -0.2) is 8.42 Å². The maximum Gasteiger partial charge on any atom is 0.303 e. The summed E-state index contributed by atoms with van der Waals surface area (Å²) >= 11 is 1.49. The molecule has 0 spiro atoms. The smallest absolute Gasteiger partial charge is 0.303 e. The second-order valence-corrected chi connectivity index (χ2v) is 7.95. The SMILES string of the molecule is Nc1ccc(S(=O)(=O)CCCCC(=O)O)cc1-c1cccs1. The number of sulfone groups is 1. The monoisotopic (exact) mass is 339 g/mol. The normalized spacial score (nSPS) is 11.5. The summed E-state index contributed by atoms with van der Waals surface area (Å²) in [5, 5.41) is 10.5. The van der Waals surface area contributed by atoms with Crippen molar-refractivity contribution in [3.63, 3.8) is 0 Å². The van der Waals surface area contributed by atoms with Crippen LogP contribution in [0.25, 0.3) is 10.4 Å². The van der Waals surface area contributed by atoms with Gasteiger partial charge in [-0.15, -0.1) is 11.3 Å². The highest BCUT2D eigenvalue weighted by molar-refractivity contribution is 7.91. The van der Waals surface area contributed by atoms with Gasteiger partial charge in [0, 0.05) is 22.5 Å². The van der Waals surface area contributed by atoms with Crippen LogP contribution in [-0.2, 0) is 14.6 Å². The first-order valence-corrected chi connectivity index (χ1v) is 9.31. The molecule has 0 saturated heterocycles. The van der Waals surface area contributed by atoms with Gasteiger partial charge in [-0.1, -0.05) is 6.07 Å². The molecule has 22 heavy (non-hydrogen) atoms. The molecular formula is C15H17NO4S2. The van der Waals surface area contributed by atoms with Crippen molar-refractivity contribution in [1.29, 1.82) is 0 Å². The van der Waals surface area contributed by atoms with Crippen LogP contribution >= 0.6 is 11.3 Å². The molecular weight excluding hydrogens is 322 g/mol. The summed E-state index contributed by atoms with van der Waals surface area (Å²) in [6.07, 6.45) is 0.659. The molecule has 0 aliphatic carbocycles. The largest absolute Gasteiger partial charge is 0.481 e. The first-order chi connectivity index (χ1) is 10.4. The van der Waals surface area contributed by atoms with E-state index in [2.05, 4.69) is 0 Å². The molecule has 2 aromatic rings. The number of carboxylic acids is 1.